The fourth-order valence-corrected chi connectivity index (χ4v) is 3.57. The number of hydrogen-bond acceptors (Lipinski definition) is 5. The molecule has 0 spiro atoms. The van der Waals surface area contributed by atoms with Gasteiger partial charge in [-0.1, -0.05) is 54.6 Å². The summed E-state index contributed by atoms with van der Waals surface area (Å²) in [5, 5.41) is 2.72. The van der Waals surface area contributed by atoms with Crippen LogP contribution in [0.2, 0.25) is 0 Å². The molecule has 1 aliphatic rings. The van der Waals surface area contributed by atoms with Gasteiger partial charge in [0.2, 0.25) is 0 Å². The van der Waals surface area contributed by atoms with Crippen LogP contribution in [0, 0.1) is 0 Å². The van der Waals surface area contributed by atoms with E-state index in [1.807, 2.05) is 54.6 Å². The molecule has 0 saturated carbocycles. The third kappa shape index (κ3) is 4.83. The third-order valence-electron chi connectivity index (χ3n) is 5.19. The maximum absolute atomic E-state index is 12.9. The quantitative estimate of drug-likeness (QED) is 0.622. The van der Waals surface area contributed by atoms with E-state index < -0.39 is 30.4 Å². The Labute approximate surface area is 179 Å². The largest absolute Gasteiger partial charge is 0.459 e. The molecule has 0 radical (unpaired) electrons. The highest BCUT2D eigenvalue weighted by Crippen LogP contribution is 2.26. The van der Waals surface area contributed by atoms with Crippen molar-refractivity contribution in [3.8, 4) is 0 Å². The molecule has 0 saturated heterocycles. The molecule has 2 heterocycles. The molecule has 1 aliphatic heterocycles. The van der Waals surface area contributed by atoms with E-state index in [2.05, 4.69) is 5.32 Å². The number of esters is 1. The van der Waals surface area contributed by atoms with Crippen LogP contribution in [0.1, 0.15) is 27.2 Å². The molecule has 7 heteroatoms. The number of amides is 2. The third-order valence-corrected chi connectivity index (χ3v) is 5.19. The number of fused-ring (bicyclic) bond motifs is 1. The van der Waals surface area contributed by atoms with Crippen molar-refractivity contribution in [2.24, 2.45) is 0 Å². The van der Waals surface area contributed by atoms with E-state index in [9.17, 15) is 14.4 Å². The Morgan fingerprint density at radius 3 is 2.45 bits per heavy atom. The Morgan fingerprint density at radius 1 is 0.968 bits per heavy atom. The molecule has 0 fully saturated rings. The van der Waals surface area contributed by atoms with Crippen molar-refractivity contribution in [3.63, 3.8) is 0 Å². The first-order valence-electron chi connectivity index (χ1n) is 10.0. The van der Waals surface area contributed by atoms with Crippen molar-refractivity contribution in [2.75, 3.05) is 6.61 Å². The highest BCUT2D eigenvalue weighted by Gasteiger charge is 2.37. The van der Waals surface area contributed by atoms with Gasteiger partial charge in [-0.15, -0.1) is 0 Å². The first kappa shape index (κ1) is 20.4. The highest BCUT2D eigenvalue weighted by atomic mass is 16.5. The number of ether oxygens (including phenoxy) is 1. The molecular formula is C24H22N2O5. The van der Waals surface area contributed by atoms with Gasteiger partial charge in [-0.3, -0.25) is 9.59 Å². The van der Waals surface area contributed by atoms with Gasteiger partial charge in [-0.25, -0.2) is 4.79 Å². The Kier molecular flexibility index (Phi) is 6.12. The normalized spacial score (nSPS) is 15.1. The van der Waals surface area contributed by atoms with Crippen LogP contribution in [0.15, 0.2) is 77.4 Å². The van der Waals surface area contributed by atoms with Crippen LogP contribution < -0.4 is 5.32 Å². The van der Waals surface area contributed by atoms with Gasteiger partial charge in [0.25, 0.3) is 11.8 Å². The van der Waals surface area contributed by atoms with E-state index in [4.69, 9.17) is 9.15 Å². The lowest BCUT2D eigenvalue weighted by Crippen LogP contribution is -2.49. The standard InChI is InChI=1S/C24H22N2O5/c27-22(25-14-17-7-2-1-3-8-17)16-31-24(29)20-13-18-9-4-5-10-19(18)15-26(20)23(28)21-11-6-12-30-21/h1-12,20H,13-16H2,(H,25,27)/t20-/m0/s1. The summed E-state index contributed by atoms with van der Waals surface area (Å²) < 4.78 is 10.5. The molecule has 0 bridgehead atoms. The SMILES string of the molecule is O=C(COC(=O)[C@@H]1Cc2ccccc2CN1C(=O)c1ccco1)NCc1ccccc1. The van der Waals surface area contributed by atoms with Crippen LogP contribution in [0.25, 0.3) is 0 Å². The number of carbonyl (C=O) groups excluding carboxylic acids is 3. The van der Waals surface area contributed by atoms with Crippen molar-refractivity contribution in [1.82, 2.24) is 10.2 Å². The molecule has 3 aromatic rings. The summed E-state index contributed by atoms with van der Waals surface area (Å²) in [4.78, 5) is 39.3. The molecule has 7 nitrogen and oxygen atoms in total. The number of nitrogens with zero attached hydrogens (tertiary/aromatic N) is 1. The predicted octanol–water partition coefficient (Wildman–Crippen LogP) is 2.71. The Morgan fingerprint density at radius 2 is 1.71 bits per heavy atom. The number of hydrogen-bond donors (Lipinski definition) is 1. The summed E-state index contributed by atoms with van der Waals surface area (Å²) in [5.74, 6) is -1.27. The number of rotatable bonds is 6. The molecule has 1 aromatic heterocycles. The van der Waals surface area contributed by atoms with E-state index in [0.717, 1.165) is 16.7 Å². The van der Waals surface area contributed by atoms with Crippen LogP contribution in [-0.4, -0.2) is 35.3 Å². The second kappa shape index (κ2) is 9.30. The first-order valence-corrected chi connectivity index (χ1v) is 10.0. The summed E-state index contributed by atoms with van der Waals surface area (Å²) in [6.45, 7) is 0.194. The van der Waals surface area contributed by atoms with E-state index in [-0.39, 0.29) is 12.3 Å². The highest BCUT2D eigenvalue weighted by molar-refractivity contribution is 5.95. The molecule has 4 rings (SSSR count). The van der Waals surface area contributed by atoms with Crippen LogP contribution in [0.5, 0.6) is 0 Å². The molecule has 2 aromatic carbocycles. The number of carbonyl (C=O) groups is 3. The predicted molar refractivity (Wildman–Crippen MR) is 112 cm³/mol. The minimum Gasteiger partial charge on any atom is -0.459 e. The van der Waals surface area contributed by atoms with E-state index in [1.165, 1.54) is 11.2 Å². The van der Waals surface area contributed by atoms with Gasteiger partial charge in [0.1, 0.15) is 6.04 Å². The zero-order valence-electron chi connectivity index (χ0n) is 16.8. The van der Waals surface area contributed by atoms with Crippen molar-refractivity contribution in [3.05, 3.63) is 95.4 Å². The average molecular weight is 418 g/mol. The number of benzene rings is 2. The van der Waals surface area contributed by atoms with E-state index in [0.29, 0.717) is 13.0 Å². The Hall–Kier alpha value is -3.87. The Bertz CT molecular complexity index is 1060. The monoisotopic (exact) mass is 418 g/mol. The molecule has 31 heavy (non-hydrogen) atoms. The van der Waals surface area contributed by atoms with Gasteiger partial charge < -0.3 is 19.4 Å². The molecule has 1 N–H and O–H groups in total. The zero-order chi connectivity index (χ0) is 21.6. The summed E-state index contributed by atoms with van der Waals surface area (Å²) in [6, 6.07) is 19.4. The second-order valence-electron chi connectivity index (χ2n) is 7.27. The second-order valence-corrected chi connectivity index (χ2v) is 7.27. The fraction of sp³-hybridized carbons (Fsp3) is 0.208. The van der Waals surface area contributed by atoms with Gasteiger partial charge in [0.05, 0.1) is 6.26 Å². The lowest BCUT2D eigenvalue weighted by atomic mass is 9.93. The van der Waals surface area contributed by atoms with E-state index >= 15 is 0 Å². The maximum Gasteiger partial charge on any atom is 0.329 e. The van der Waals surface area contributed by atoms with Crippen molar-refractivity contribution in [1.29, 1.82) is 0 Å². The molecule has 0 aliphatic carbocycles. The smallest absolute Gasteiger partial charge is 0.329 e. The molecular weight excluding hydrogens is 396 g/mol. The lowest BCUT2D eigenvalue weighted by Gasteiger charge is -2.34. The van der Waals surface area contributed by atoms with Gasteiger partial charge in [-0.2, -0.15) is 0 Å². The van der Waals surface area contributed by atoms with E-state index in [1.54, 1.807) is 12.1 Å². The molecule has 1 atom stereocenters. The first-order chi connectivity index (χ1) is 15.1. The van der Waals surface area contributed by atoms with Crippen molar-refractivity contribution < 1.29 is 23.5 Å². The molecule has 2 amide bonds. The maximum atomic E-state index is 12.9. The number of furan rings is 1. The van der Waals surface area contributed by atoms with Crippen molar-refractivity contribution >= 4 is 17.8 Å². The zero-order valence-corrected chi connectivity index (χ0v) is 16.8. The Balaban J connectivity index is 1.41. The minimum atomic E-state index is -0.838. The van der Waals surface area contributed by atoms with Gasteiger partial charge in [0.15, 0.2) is 12.4 Å². The van der Waals surface area contributed by atoms with Crippen LogP contribution in [-0.2, 0) is 33.8 Å². The number of nitrogens with one attached hydrogen (secondary N) is 1. The van der Waals surface area contributed by atoms with Gasteiger partial charge in [0, 0.05) is 19.5 Å². The minimum absolute atomic E-state index is 0.151. The van der Waals surface area contributed by atoms with Crippen LogP contribution >= 0.6 is 0 Å². The fourth-order valence-electron chi connectivity index (χ4n) is 3.57. The van der Waals surface area contributed by atoms with Crippen LogP contribution in [0.3, 0.4) is 0 Å². The van der Waals surface area contributed by atoms with Gasteiger partial charge >= 0.3 is 5.97 Å². The topological polar surface area (TPSA) is 88.9 Å². The molecule has 0 unspecified atom stereocenters. The summed E-state index contributed by atoms with van der Waals surface area (Å²) in [7, 11) is 0. The summed E-state index contributed by atoms with van der Waals surface area (Å²) in [6.07, 6.45) is 1.72. The molecule has 158 valence electrons. The van der Waals surface area contributed by atoms with Crippen LogP contribution in [0.4, 0.5) is 0 Å². The average Bonchev–Trinajstić information content (AvgIpc) is 3.35. The summed E-state index contributed by atoms with van der Waals surface area (Å²) >= 11 is 0. The van der Waals surface area contributed by atoms with Crippen molar-refractivity contribution in [2.45, 2.75) is 25.6 Å². The summed E-state index contributed by atoms with van der Waals surface area (Å²) in [5.41, 5.74) is 2.88. The lowest BCUT2D eigenvalue weighted by molar-refractivity contribution is -0.153. The van der Waals surface area contributed by atoms with Gasteiger partial charge in [-0.05, 0) is 28.8 Å².